The molecule has 12 heteroatoms. The first-order valence-electron chi connectivity index (χ1n) is 12.0. The molecule has 0 saturated carbocycles. The Morgan fingerprint density at radius 3 is 2.16 bits per heavy atom. The molecule has 0 radical (unpaired) electrons. The zero-order chi connectivity index (χ0) is 28.3. The number of ether oxygens (including phenoxy) is 2. The van der Waals surface area contributed by atoms with Crippen LogP contribution in [0.4, 0.5) is 18.0 Å². The van der Waals surface area contributed by atoms with E-state index in [1.807, 2.05) is 0 Å². The van der Waals surface area contributed by atoms with Gasteiger partial charge in [-0.3, -0.25) is 4.79 Å². The second kappa shape index (κ2) is 11.3. The van der Waals surface area contributed by atoms with Crippen LogP contribution in [-0.2, 0) is 21.3 Å². The number of sulfonamides is 1. The third-order valence-corrected chi connectivity index (χ3v) is 7.85. The van der Waals surface area contributed by atoms with Crippen LogP contribution in [-0.4, -0.2) is 67.5 Å². The van der Waals surface area contributed by atoms with Crippen molar-refractivity contribution in [1.29, 1.82) is 0 Å². The van der Waals surface area contributed by atoms with E-state index in [0.717, 1.165) is 12.1 Å². The van der Waals surface area contributed by atoms with Gasteiger partial charge < -0.3 is 14.4 Å². The predicted octanol–water partition coefficient (Wildman–Crippen LogP) is 5.03. The van der Waals surface area contributed by atoms with E-state index >= 15 is 0 Å². The zero-order valence-corrected chi connectivity index (χ0v) is 22.4. The number of carbonyl (C=O) groups is 2. The van der Waals surface area contributed by atoms with Crippen molar-refractivity contribution < 1.29 is 40.7 Å². The Kier molecular flexibility index (Phi) is 8.77. The van der Waals surface area contributed by atoms with E-state index in [0.29, 0.717) is 30.7 Å². The minimum Gasteiger partial charge on any atom is -0.497 e. The fraction of sp³-hybridized carbons (Fsp3) is 0.462. The van der Waals surface area contributed by atoms with Gasteiger partial charge in [0.2, 0.25) is 10.0 Å². The first-order valence-corrected chi connectivity index (χ1v) is 13.4. The molecule has 1 amide bonds. The van der Waals surface area contributed by atoms with Crippen molar-refractivity contribution in [3.63, 3.8) is 0 Å². The van der Waals surface area contributed by atoms with E-state index in [1.54, 1.807) is 20.8 Å². The molecule has 1 unspecified atom stereocenters. The fourth-order valence-electron chi connectivity index (χ4n) is 4.08. The Labute approximate surface area is 220 Å². The van der Waals surface area contributed by atoms with E-state index in [4.69, 9.17) is 9.47 Å². The van der Waals surface area contributed by atoms with Crippen molar-refractivity contribution in [3.05, 3.63) is 59.7 Å². The lowest BCUT2D eigenvalue weighted by molar-refractivity contribution is -0.0885. The highest BCUT2D eigenvalue weighted by molar-refractivity contribution is 7.89. The van der Waals surface area contributed by atoms with E-state index < -0.39 is 45.3 Å². The second-order valence-electron chi connectivity index (χ2n) is 9.97. The number of amides is 1. The maximum atomic E-state index is 13.8. The van der Waals surface area contributed by atoms with Gasteiger partial charge in [0.05, 0.1) is 12.0 Å². The first kappa shape index (κ1) is 29.4. The number of piperidine rings is 1. The molecule has 2 aromatic rings. The first-order chi connectivity index (χ1) is 17.6. The molecule has 1 aliphatic heterocycles. The summed E-state index contributed by atoms with van der Waals surface area (Å²) in [4.78, 5) is 25.7. The topological polar surface area (TPSA) is 93.2 Å². The van der Waals surface area contributed by atoms with Crippen molar-refractivity contribution >= 4 is 21.9 Å². The average molecular weight is 557 g/mol. The average Bonchev–Trinajstić information content (AvgIpc) is 2.85. The molecule has 1 aliphatic rings. The molecule has 2 aromatic carbocycles. The summed E-state index contributed by atoms with van der Waals surface area (Å²) in [5.41, 5.74) is -0.885. The van der Waals surface area contributed by atoms with Crippen molar-refractivity contribution in [2.75, 3.05) is 20.2 Å². The third-order valence-electron chi connectivity index (χ3n) is 5.93. The van der Waals surface area contributed by atoms with Gasteiger partial charge in [-0.25, -0.2) is 13.2 Å². The highest BCUT2D eigenvalue weighted by atomic mass is 32.2. The van der Waals surface area contributed by atoms with E-state index in [-0.39, 0.29) is 18.0 Å². The molecular formula is C26H31F3N2O6S. The Morgan fingerprint density at radius 2 is 1.63 bits per heavy atom. The summed E-state index contributed by atoms with van der Waals surface area (Å²) in [6.45, 7) is 5.51. The quantitative estimate of drug-likeness (QED) is 0.444. The van der Waals surface area contributed by atoms with Gasteiger partial charge in [-0.15, -0.1) is 0 Å². The zero-order valence-electron chi connectivity index (χ0n) is 21.6. The highest BCUT2D eigenvalue weighted by Crippen LogP contribution is 2.29. The van der Waals surface area contributed by atoms with Gasteiger partial charge in [0.1, 0.15) is 11.4 Å². The van der Waals surface area contributed by atoms with Gasteiger partial charge in [0.15, 0.2) is 0 Å². The molecule has 0 spiro atoms. The SMILES string of the molecule is COc1ccc(S(=O)(=O)N(Cc2ccc(C(=O)C(F)(F)F)cc2)C2CCCN(C(=O)OC(C)(C)C)C2)cc1. The molecular weight excluding hydrogens is 525 g/mol. The second-order valence-corrected chi connectivity index (χ2v) is 11.9. The van der Waals surface area contributed by atoms with Gasteiger partial charge in [0.25, 0.3) is 5.78 Å². The molecule has 0 aromatic heterocycles. The molecule has 3 rings (SSSR count). The number of nitrogens with zero attached hydrogens (tertiary/aromatic N) is 2. The number of hydrogen-bond acceptors (Lipinski definition) is 6. The molecule has 1 atom stereocenters. The van der Waals surface area contributed by atoms with Gasteiger partial charge >= 0.3 is 12.3 Å². The number of rotatable bonds is 7. The van der Waals surface area contributed by atoms with E-state index in [9.17, 15) is 31.2 Å². The number of methoxy groups -OCH3 is 1. The number of likely N-dealkylation sites (tertiary alicyclic amines) is 1. The van der Waals surface area contributed by atoms with E-state index in [2.05, 4.69) is 0 Å². The Bertz CT molecular complexity index is 1240. The maximum absolute atomic E-state index is 13.8. The smallest absolute Gasteiger partial charge is 0.454 e. The minimum absolute atomic E-state index is 0.00318. The van der Waals surface area contributed by atoms with Crippen LogP contribution >= 0.6 is 0 Å². The summed E-state index contributed by atoms with van der Waals surface area (Å²) in [5, 5.41) is 0. The minimum atomic E-state index is -5.02. The van der Waals surface area contributed by atoms with Gasteiger partial charge in [0, 0.05) is 31.2 Å². The Hall–Kier alpha value is -3.12. The summed E-state index contributed by atoms with van der Waals surface area (Å²) >= 11 is 0. The van der Waals surface area contributed by atoms with E-state index in [1.165, 1.54) is 52.7 Å². The summed E-state index contributed by atoms with van der Waals surface area (Å²) in [7, 11) is -2.65. The molecule has 1 fully saturated rings. The predicted molar refractivity (Wildman–Crippen MR) is 133 cm³/mol. The normalized spacial score (nSPS) is 16.8. The Morgan fingerprint density at radius 1 is 1.03 bits per heavy atom. The monoisotopic (exact) mass is 556 g/mol. The van der Waals surface area contributed by atoms with Crippen LogP contribution in [0.1, 0.15) is 49.5 Å². The van der Waals surface area contributed by atoms with Crippen LogP contribution in [0.25, 0.3) is 0 Å². The molecule has 0 bridgehead atoms. The molecule has 0 aliphatic carbocycles. The summed E-state index contributed by atoms with van der Waals surface area (Å²) in [5.74, 6) is -1.51. The highest BCUT2D eigenvalue weighted by Gasteiger charge is 2.40. The summed E-state index contributed by atoms with van der Waals surface area (Å²) < 4.78 is 77.8. The molecule has 1 heterocycles. The van der Waals surface area contributed by atoms with Crippen LogP contribution in [0, 0.1) is 0 Å². The van der Waals surface area contributed by atoms with Crippen molar-refractivity contribution in [1.82, 2.24) is 9.21 Å². The van der Waals surface area contributed by atoms with Crippen molar-refractivity contribution in [3.8, 4) is 5.75 Å². The van der Waals surface area contributed by atoms with Gasteiger partial charge in [-0.05, 0) is 63.4 Å². The number of hydrogen-bond donors (Lipinski definition) is 0. The standard InChI is InChI=1S/C26H31F3N2O6S/c1-25(2,3)37-24(33)30-15-5-6-20(17-30)31(38(34,35)22-13-11-21(36-4)12-14-22)16-18-7-9-19(10-8-18)23(32)26(27,28)29/h7-14,20H,5-6,15-17H2,1-4H3. The van der Waals surface area contributed by atoms with Crippen LogP contribution in [0.2, 0.25) is 0 Å². The number of ketones is 1. The molecule has 0 N–H and O–H groups in total. The molecule has 38 heavy (non-hydrogen) atoms. The number of halogens is 3. The summed E-state index contributed by atoms with van der Waals surface area (Å²) in [6.07, 6.45) is -4.59. The van der Waals surface area contributed by atoms with Crippen LogP contribution in [0.15, 0.2) is 53.4 Å². The lowest BCUT2D eigenvalue weighted by atomic mass is 10.0. The lowest BCUT2D eigenvalue weighted by Crippen LogP contribution is -2.52. The van der Waals surface area contributed by atoms with Crippen molar-refractivity contribution in [2.24, 2.45) is 0 Å². The molecule has 1 saturated heterocycles. The molecule has 8 nitrogen and oxygen atoms in total. The Balaban J connectivity index is 1.94. The van der Waals surface area contributed by atoms with Gasteiger partial charge in [-0.1, -0.05) is 24.3 Å². The number of alkyl halides is 3. The van der Waals surface area contributed by atoms with Crippen LogP contribution in [0.3, 0.4) is 0 Å². The third kappa shape index (κ3) is 7.25. The number of benzene rings is 2. The van der Waals surface area contributed by atoms with Crippen LogP contribution < -0.4 is 4.74 Å². The number of Topliss-reactive ketones (excluding diaryl/α,β-unsaturated/α-hetero) is 1. The largest absolute Gasteiger partial charge is 0.497 e. The van der Waals surface area contributed by atoms with Crippen LogP contribution in [0.5, 0.6) is 5.75 Å². The summed E-state index contributed by atoms with van der Waals surface area (Å²) in [6, 6.07) is 9.84. The van der Waals surface area contributed by atoms with Gasteiger partial charge in [-0.2, -0.15) is 17.5 Å². The van der Waals surface area contributed by atoms with Crippen molar-refractivity contribution in [2.45, 2.75) is 62.9 Å². The number of carbonyl (C=O) groups excluding carboxylic acids is 2. The fourth-order valence-corrected chi connectivity index (χ4v) is 5.72. The lowest BCUT2D eigenvalue weighted by Gasteiger charge is -2.39. The maximum Gasteiger partial charge on any atom is 0.454 e. The molecule has 208 valence electrons.